The SMILES string of the molecule is CC1=C(C)C(=O)N(Nc2ccc(C(C)(C)C)cc2)C1=O. The van der Waals surface area contributed by atoms with Crippen molar-refractivity contribution in [1.82, 2.24) is 5.01 Å². The molecule has 20 heavy (non-hydrogen) atoms. The van der Waals surface area contributed by atoms with Crippen LogP contribution in [0.15, 0.2) is 35.4 Å². The van der Waals surface area contributed by atoms with Gasteiger partial charge in [0.05, 0.1) is 5.69 Å². The maximum Gasteiger partial charge on any atom is 0.275 e. The van der Waals surface area contributed by atoms with Gasteiger partial charge in [-0.25, -0.2) is 0 Å². The van der Waals surface area contributed by atoms with Crippen molar-refractivity contribution in [3.63, 3.8) is 0 Å². The molecule has 4 heteroatoms. The Kier molecular flexibility index (Phi) is 3.42. The molecule has 0 saturated carbocycles. The standard InChI is InChI=1S/C16H20N2O2/c1-10-11(2)15(20)18(14(10)19)17-13-8-6-12(7-9-13)16(3,4)5/h6-9,17H,1-5H3. The molecule has 0 unspecified atom stereocenters. The van der Waals surface area contributed by atoms with E-state index in [4.69, 9.17) is 0 Å². The van der Waals surface area contributed by atoms with E-state index in [1.54, 1.807) is 13.8 Å². The van der Waals surface area contributed by atoms with E-state index >= 15 is 0 Å². The van der Waals surface area contributed by atoms with Crippen LogP contribution in [0.1, 0.15) is 40.2 Å². The largest absolute Gasteiger partial charge is 0.288 e. The maximum atomic E-state index is 11.9. The molecule has 0 spiro atoms. The van der Waals surface area contributed by atoms with Crippen molar-refractivity contribution in [1.29, 1.82) is 0 Å². The molecule has 0 radical (unpaired) electrons. The predicted octanol–water partition coefficient (Wildman–Crippen LogP) is 3.02. The van der Waals surface area contributed by atoms with Gasteiger partial charge in [0.1, 0.15) is 0 Å². The highest BCUT2D eigenvalue weighted by atomic mass is 16.2. The first kappa shape index (κ1) is 14.3. The van der Waals surface area contributed by atoms with Gasteiger partial charge in [0.2, 0.25) is 0 Å². The van der Waals surface area contributed by atoms with Crippen LogP contribution >= 0.6 is 0 Å². The maximum absolute atomic E-state index is 11.9. The lowest BCUT2D eigenvalue weighted by Gasteiger charge is -2.21. The third-order valence-electron chi connectivity index (χ3n) is 3.60. The van der Waals surface area contributed by atoms with E-state index < -0.39 is 0 Å². The number of carbonyl (C=O) groups excluding carboxylic acids is 2. The Bertz CT molecular complexity index is 568. The summed E-state index contributed by atoms with van der Waals surface area (Å²) in [6, 6.07) is 7.76. The Balaban J connectivity index is 2.17. The molecule has 0 atom stereocenters. The van der Waals surface area contributed by atoms with Crippen molar-refractivity contribution < 1.29 is 9.59 Å². The molecular weight excluding hydrogens is 252 g/mol. The summed E-state index contributed by atoms with van der Waals surface area (Å²) in [6.07, 6.45) is 0. The predicted molar refractivity (Wildman–Crippen MR) is 79.0 cm³/mol. The van der Waals surface area contributed by atoms with Crippen molar-refractivity contribution in [3.8, 4) is 0 Å². The zero-order valence-electron chi connectivity index (χ0n) is 12.6. The number of carbonyl (C=O) groups is 2. The lowest BCUT2D eigenvalue weighted by Crippen LogP contribution is -2.36. The normalized spacial score (nSPS) is 16.1. The van der Waals surface area contributed by atoms with E-state index in [1.807, 2.05) is 24.3 Å². The molecule has 0 bridgehead atoms. The van der Waals surface area contributed by atoms with Gasteiger partial charge in [-0.05, 0) is 37.0 Å². The number of benzene rings is 1. The van der Waals surface area contributed by atoms with E-state index in [-0.39, 0.29) is 17.2 Å². The van der Waals surface area contributed by atoms with E-state index in [0.717, 1.165) is 10.7 Å². The molecule has 0 aromatic heterocycles. The molecule has 0 saturated heterocycles. The Morgan fingerprint density at radius 1 is 0.900 bits per heavy atom. The quantitative estimate of drug-likeness (QED) is 0.842. The average molecular weight is 272 g/mol. The molecule has 0 fully saturated rings. The van der Waals surface area contributed by atoms with Crippen LogP contribution in [0, 0.1) is 0 Å². The second-order valence-corrected chi connectivity index (χ2v) is 6.13. The van der Waals surface area contributed by atoms with Crippen molar-refractivity contribution in [2.45, 2.75) is 40.0 Å². The number of hydrazine groups is 1. The smallest absolute Gasteiger partial charge is 0.275 e. The van der Waals surface area contributed by atoms with Gasteiger partial charge in [-0.15, -0.1) is 0 Å². The highest BCUT2D eigenvalue weighted by molar-refractivity contribution is 6.19. The van der Waals surface area contributed by atoms with E-state index in [1.165, 1.54) is 5.56 Å². The molecular formula is C16H20N2O2. The molecule has 1 aliphatic heterocycles. The Morgan fingerprint density at radius 2 is 1.35 bits per heavy atom. The van der Waals surface area contributed by atoms with Crippen LogP contribution in [-0.4, -0.2) is 16.8 Å². The van der Waals surface area contributed by atoms with Crippen LogP contribution in [0.5, 0.6) is 0 Å². The van der Waals surface area contributed by atoms with E-state index in [0.29, 0.717) is 11.1 Å². The van der Waals surface area contributed by atoms with Crippen LogP contribution in [0.3, 0.4) is 0 Å². The number of hydrogen-bond donors (Lipinski definition) is 1. The summed E-state index contributed by atoms with van der Waals surface area (Å²) in [5.41, 5.74) is 5.86. The highest BCUT2D eigenvalue weighted by Crippen LogP contribution is 2.25. The van der Waals surface area contributed by atoms with Crippen LogP contribution in [-0.2, 0) is 15.0 Å². The Morgan fingerprint density at radius 3 is 1.75 bits per heavy atom. The zero-order chi connectivity index (χ0) is 15.1. The fourth-order valence-electron chi connectivity index (χ4n) is 2.02. The topological polar surface area (TPSA) is 49.4 Å². The third kappa shape index (κ3) is 2.46. The van der Waals surface area contributed by atoms with Crippen molar-refractivity contribution in [2.24, 2.45) is 0 Å². The number of nitrogens with zero attached hydrogens (tertiary/aromatic N) is 1. The fourth-order valence-corrected chi connectivity index (χ4v) is 2.02. The molecule has 2 rings (SSSR count). The van der Waals surface area contributed by atoms with Crippen LogP contribution in [0.2, 0.25) is 0 Å². The molecule has 1 aromatic carbocycles. The molecule has 1 heterocycles. The van der Waals surface area contributed by atoms with Gasteiger partial charge in [0, 0.05) is 11.1 Å². The second-order valence-electron chi connectivity index (χ2n) is 6.13. The second kappa shape index (κ2) is 4.78. The minimum Gasteiger partial charge on any atom is -0.288 e. The van der Waals surface area contributed by atoms with Crippen LogP contribution < -0.4 is 5.43 Å². The molecule has 1 aliphatic rings. The summed E-state index contributed by atoms with van der Waals surface area (Å²) in [5.74, 6) is -0.570. The number of hydrogen-bond acceptors (Lipinski definition) is 3. The average Bonchev–Trinajstić information content (AvgIpc) is 2.56. The number of rotatable bonds is 2. The van der Waals surface area contributed by atoms with E-state index in [9.17, 15) is 9.59 Å². The van der Waals surface area contributed by atoms with Crippen LogP contribution in [0.25, 0.3) is 0 Å². The summed E-state index contributed by atoms with van der Waals surface area (Å²) >= 11 is 0. The monoisotopic (exact) mass is 272 g/mol. The lowest BCUT2D eigenvalue weighted by atomic mass is 9.87. The molecule has 4 nitrogen and oxygen atoms in total. The van der Waals surface area contributed by atoms with Gasteiger partial charge in [0.25, 0.3) is 11.8 Å². The Labute approximate surface area is 119 Å². The summed E-state index contributed by atoms with van der Waals surface area (Å²) in [5, 5.41) is 1.07. The number of anilines is 1. The minimum absolute atomic E-state index is 0.0759. The number of imide groups is 1. The molecule has 2 amide bonds. The van der Waals surface area contributed by atoms with Gasteiger partial charge in [-0.1, -0.05) is 32.9 Å². The van der Waals surface area contributed by atoms with Gasteiger partial charge in [-0.2, -0.15) is 5.01 Å². The first-order chi connectivity index (χ1) is 9.21. The van der Waals surface area contributed by atoms with Gasteiger partial charge >= 0.3 is 0 Å². The first-order valence-corrected chi connectivity index (χ1v) is 6.65. The molecule has 1 N–H and O–H groups in total. The lowest BCUT2D eigenvalue weighted by molar-refractivity contribution is -0.135. The minimum atomic E-state index is -0.285. The van der Waals surface area contributed by atoms with Crippen molar-refractivity contribution in [2.75, 3.05) is 5.43 Å². The van der Waals surface area contributed by atoms with E-state index in [2.05, 4.69) is 26.2 Å². The van der Waals surface area contributed by atoms with Gasteiger partial charge < -0.3 is 0 Å². The summed E-state index contributed by atoms with van der Waals surface area (Å²) in [4.78, 5) is 23.9. The zero-order valence-corrected chi connectivity index (χ0v) is 12.6. The Hall–Kier alpha value is -2.10. The third-order valence-corrected chi connectivity index (χ3v) is 3.60. The summed E-state index contributed by atoms with van der Waals surface area (Å²) in [7, 11) is 0. The molecule has 106 valence electrons. The fraction of sp³-hybridized carbons (Fsp3) is 0.375. The first-order valence-electron chi connectivity index (χ1n) is 6.65. The number of amides is 2. The van der Waals surface area contributed by atoms with Gasteiger partial charge in [0.15, 0.2) is 0 Å². The highest BCUT2D eigenvalue weighted by Gasteiger charge is 2.33. The number of nitrogens with one attached hydrogen (secondary N) is 1. The van der Waals surface area contributed by atoms with Crippen LogP contribution in [0.4, 0.5) is 5.69 Å². The van der Waals surface area contributed by atoms with Crippen molar-refractivity contribution >= 4 is 17.5 Å². The summed E-state index contributed by atoms with van der Waals surface area (Å²) < 4.78 is 0. The molecule has 0 aliphatic carbocycles. The van der Waals surface area contributed by atoms with Gasteiger partial charge in [-0.3, -0.25) is 15.0 Å². The summed E-state index contributed by atoms with van der Waals surface area (Å²) in [6.45, 7) is 9.75. The molecule has 1 aromatic rings. The van der Waals surface area contributed by atoms with Crippen molar-refractivity contribution in [3.05, 3.63) is 41.0 Å².